The number of para-hydroxylation sites is 1. The Morgan fingerprint density at radius 3 is 2.80 bits per heavy atom. The Morgan fingerprint density at radius 2 is 1.97 bits per heavy atom. The predicted molar refractivity (Wildman–Crippen MR) is 116 cm³/mol. The van der Waals surface area contributed by atoms with Crippen LogP contribution < -0.4 is 10.2 Å². The summed E-state index contributed by atoms with van der Waals surface area (Å²) in [5.41, 5.74) is 4.71. The first kappa shape index (κ1) is 19.2. The lowest BCUT2D eigenvalue weighted by Crippen LogP contribution is -2.18. The van der Waals surface area contributed by atoms with Crippen molar-refractivity contribution in [3.05, 3.63) is 78.0 Å². The fraction of sp³-hybridized carbons (Fsp3) is 0.0870. The van der Waals surface area contributed by atoms with E-state index in [4.69, 9.17) is 4.74 Å². The number of fused-ring (bicyclic) bond motifs is 1. The third-order valence-corrected chi connectivity index (χ3v) is 4.57. The monoisotopic (exact) mass is 400 g/mol. The number of H-pyrrole nitrogens is 1. The van der Waals surface area contributed by atoms with Crippen molar-refractivity contribution in [1.82, 2.24) is 15.6 Å². The van der Waals surface area contributed by atoms with Gasteiger partial charge in [-0.05, 0) is 42.0 Å². The normalized spacial score (nSPS) is 11.1. The van der Waals surface area contributed by atoms with Crippen molar-refractivity contribution in [2.75, 3.05) is 6.61 Å². The molecule has 0 saturated heterocycles. The van der Waals surface area contributed by atoms with Crippen LogP contribution in [0, 0.1) is 0 Å². The van der Waals surface area contributed by atoms with Crippen LogP contribution in [-0.4, -0.2) is 34.0 Å². The van der Waals surface area contributed by atoms with E-state index in [9.17, 15) is 9.90 Å². The summed E-state index contributed by atoms with van der Waals surface area (Å²) in [5.74, 6) is -0.106. The van der Waals surface area contributed by atoms with Crippen molar-refractivity contribution in [2.45, 2.75) is 6.92 Å². The summed E-state index contributed by atoms with van der Waals surface area (Å²) in [5, 5.41) is 23.3. The largest absolute Gasteiger partial charge is 0.504 e. The maximum atomic E-state index is 12.4. The average molecular weight is 400 g/mol. The third kappa shape index (κ3) is 4.00. The van der Waals surface area contributed by atoms with Crippen LogP contribution in [0.2, 0.25) is 0 Å². The van der Waals surface area contributed by atoms with Crippen LogP contribution in [0.5, 0.6) is 11.5 Å². The van der Waals surface area contributed by atoms with E-state index >= 15 is 0 Å². The molecule has 7 nitrogen and oxygen atoms in total. The standard InChI is InChI=1S/C23H20N4O3/c1-2-30-21-9-5-8-18(22(21)28)14-24-27-23(29)20-13-19(25-26-20)17-11-10-15-6-3-4-7-16(15)12-17/h3-14,28H,2H2,1H3,(H,25,26)(H,27,29)/b24-14-. The molecule has 1 amide bonds. The summed E-state index contributed by atoms with van der Waals surface area (Å²) >= 11 is 0. The highest BCUT2D eigenvalue weighted by Gasteiger charge is 2.11. The van der Waals surface area contributed by atoms with Gasteiger partial charge in [0, 0.05) is 11.1 Å². The average Bonchev–Trinajstić information content (AvgIpc) is 3.26. The van der Waals surface area contributed by atoms with Gasteiger partial charge in [-0.2, -0.15) is 10.2 Å². The number of amides is 1. The fourth-order valence-electron chi connectivity index (χ4n) is 3.07. The maximum absolute atomic E-state index is 12.4. The number of nitrogens with zero attached hydrogens (tertiary/aromatic N) is 2. The summed E-state index contributed by atoms with van der Waals surface area (Å²) in [6.45, 7) is 2.27. The molecule has 0 aliphatic heterocycles. The van der Waals surface area contributed by atoms with Crippen molar-refractivity contribution in [3.8, 4) is 22.8 Å². The highest BCUT2D eigenvalue weighted by atomic mass is 16.5. The Kier molecular flexibility index (Phi) is 5.43. The second kappa shape index (κ2) is 8.48. The highest BCUT2D eigenvalue weighted by molar-refractivity contribution is 5.95. The minimum absolute atomic E-state index is 0.0301. The molecule has 3 N–H and O–H groups in total. The zero-order chi connectivity index (χ0) is 20.9. The van der Waals surface area contributed by atoms with Crippen molar-refractivity contribution in [3.63, 3.8) is 0 Å². The van der Waals surface area contributed by atoms with Gasteiger partial charge in [0.2, 0.25) is 0 Å². The molecule has 4 aromatic rings. The first-order valence-corrected chi connectivity index (χ1v) is 9.48. The van der Waals surface area contributed by atoms with Crippen LogP contribution in [0.15, 0.2) is 71.8 Å². The number of aromatic hydroxyl groups is 1. The molecule has 3 aromatic carbocycles. The third-order valence-electron chi connectivity index (χ3n) is 4.57. The van der Waals surface area contributed by atoms with Crippen LogP contribution in [0.25, 0.3) is 22.0 Å². The van der Waals surface area contributed by atoms with Gasteiger partial charge in [-0.1, -0.05) is 42.5 Å². The van der Waals surface area contributed by atoms with Crippen LogP contribution in [0.1, 0.15) is 23.0 Å². The Hall–Kier alpha value is -4.13. The van der Waals surface area contributed by atoms with Crippen molar-refractivity contribution in [1.29, 1.82) is 0 Å². The molecule has 0 radical (unpaired) electrons. The molecule has 0 bridgehead atoms. The summed E-state index contributed by atoms with van der Waals surface area (Å²) in [6, 6.07) is 20.8. The van der Waals surface area contributed by atoms with Gasteiger partial charge in [-0.15, -0.1) is 0 Å². The zero-order valence-corrected chi connectivity index (χ0v) is 16.3. The van der Waals surface area contributed by atoms with E-state index < -0.39 is 5.91 Å². The minimum Gasteiger partial charge on any atom is -0.504 e. The maximum Gasteiger partial charge on any atom is 0.289 e. The molecule has 30 heavy (non-hydrogen) atoms. The van der Waals surface area contributed by atoms with Crippen LogP contribution in [-0.2, 0) is 0 Å². The van der Waals surface area contributed by atoms with Crippen LogP contribution in [0.4, 0.5) is 0 Å². The van der Waals surface area contributed by atoms with E-state index in [-0.39, 0.29) is 11.4 Å². The lowest BCUT2D eigenvalue weighted by Gasteiger charge is -2.07. The van der Waals surface area contributed by atoms with E-state index in [1.807, 2.05) is 49.4 Å². The Labute approximate surface area is 173 Å². The number of ether oxygens (including phenoxy) is 1. The van der Waals surface area contributed by atoms with E-state index in [1.54, 1.807) is 24.3 Å². The number of nitrogens with one attached hydrogen (secondary N) is 2. The van der Waals surface area contributed by atoms with Gasteiger partial charge in [0.05, 0.1) is 18.5 Å². The number of hydrogen-bond acceptors (Lipinski definition) is 5. The molecule has 0 unspecified atom stereocenters. The second-order valence-corrected chi connectivity index (χ2v) is 6.55. The molecule has 150 valence electrons. The van der Waals surface area contributed by atoms with Gasteiger partial charge >= 0.3 is 0 Å². The minimum atomic E-state index is -0.439. The van der Waals surface area contributed by atoms with E-state index in [2.05, 4.69) is 20.7 Å². The topological polar surface area (TPSA) is 99.6 Å². The molecular formula is C23H20N4O3. The molecule has 1 aromatic heterocycles. The first-order valence-electron chi connectivity index (χ1n) is 9.48. The van der Waals surface area contributed by atoms with Crippen molar-refractivity contribution < 1.29 is 14.6 Å². The first-order chi connectivity index (χ1) is 14.7. The second-order valence-electron chi connectivity index (χ2n) is 6.55. The zero-order valence-electron chi connectivity index (χ0n) is 16.3. The molecule has 0 atom stereocenters. The molecule has 0 saturated carbocycles. The summed E-state index contributed by atoms with van der Waals surface area (Å²) < 4.78 is 5.33. The Balaban J connectivity index is 1.46. The Bertz CT molecular complexity index is 1230. The molecular weight excluding hydrogens is 380 g/mol. The van der Waals surface area contributed by atoms with Gasteiger partial charge < -0.3 is 9.84 Å². The quantitative estimate of drug-likeness (QED) is 0.335. The van der Waals surface area contributed by atoms with Crippen LogP contribution >= 0.6 is 0 Å². The number of phenolic OH excluding ortho intramolecular Hbond substituents is 1. The highest BCUT2D eigenvalue weighted by Crippen LogP contribution is 2.28. The molecule has 4 rings (SSSR count). The lowest BCUT2D eigenvalue weighted by molar-refractivity contribution is 0.0950. The molecule has 0 aliphatic rings. The number of carbonyl (C=O) groups is 1. The molecule has 1 heterocycles. The number of aromatic amines is 1. The molecule has 0 spiro atoms. The van der Waals surface area contributed by atoms with E-state index in [0.29, 0.717) is 23.6 Å². The van der Waals surface area contributed by atoms with Gasteiger partial charge in [0.25, 0.3) is 5.91 Å². The molecule has 0 fully saturated rings. The fourth-order valence-corrected chi connectivity index (χ4v) is 3.07. The number of hydrogen-bond donors (Lipinski definition) is 3. The van der Waals surface area contributed by atoms with Crippen LogP contribution in [0.3, 0.4) is 0 Å². The van der Waals surface area contributed by atoms with E-state index in [1.165, 1.54) is 6.21 Å². The number of hydrazone groups is 1. The number of benzene rings is 3. The summed E-state index contributed by atoms with van der Waals surface area (Å²) in [4.78, 5) is 12.4. The number of rotatable bonds is 6. The summed E-state index contributed by atoms with van der Waals surface area (Å²) in [6.07, 6.45) is 1.36. The lowest BCUT2D eigenvalue weighted by atomic mass is 10.1. The Morgan fingerprint density at radius 1 is 1.13 bits per heavy atom. The number of phenols is 1. The smallest absolute Gasteiger partial charge is 0.289 e. The number of aromatic nitrogens is 2. The number of carbonyl (C=O) groups excluding carboxylic acids is 1. The SMILES string of the molecule is CCOc1cccc(/C=N\NC(=O)c2cc(-c3ccc4ccccc4c3)n[nH]2)c1O. The summed E-state index contributed by atoms with van der Waals surface area (Å²) in [7, 11) is 0. The van der Waals surface area contributed by atoms with Gasteiger partial charge in [0.1, 0.15) is 5.69 Å². The van der Waals surface area contributed by atoms with Gasteiger partial charge in [-0.25, -0.2) is 5.43 Å². The predicted octanol–water partition coefficient (Wildman–Crippen LogP) is 4.10. The molecule has 0 aliphatic carbocycles. The van der Waals surface area contributed by atoms with Gasteiger partial charge in [-0.3, -0.25) is 9.89 Å². The van der Waals surface area contributed by atoms with Gasteiger partial charge in [0.15, 0.2) is 11.5 Å². The molecule has 7 heteroatoms. The van der Waals surface area contributed by atoms with Crippen molar-refractivity contribution in [2.24, 2.45) is 5.10 Å². The van der Waals surface area contributed by atoms with E-state index in [0.717, 1.165) is 16.3 Å². The van der Waals surface area contributed by atoms with Crippen molar-refractivity contribution >= 4 is 22.9 Å².